The largest absolute Gasteiger partial charge is 0.497 e. The fourth-order valence-electron chi connectivity index (χ4n) is 4.17. The van der Waals surface area contributed by atoms with Gasteiger partial charge in [0.05, 0.1) is 32.5 Å². The quantitative estimate of drug-likeness (QED) is 0.502. The van der Waals surface area contributed by atoms with Gasteiger partial charge in [0, 0.05) is 49.2 Å². The highest BCUT2D eigenvalue weighted by Gasteiger charge is 2.21. The highest BCUT2D eigenvalue weighted by molar-refractivity contribution is 7.13. The van der Waals surface area contributed by atoms with E-state index in [-0.39, 0.29) is 11.9 Å². The summed E-state index contributed by atoms with van der Waals surface area (Å²) >= 11 is 1.69. The van der Waals surface area contributed by atoms with E-state index in [1.807, 2.05) is 43.3 Å². The molecule has 2 heterocycles. The van der Waals surface area contributed by atoms with Gasteiger partial charge in [0.1, 0.15) is 16.5 Å². The Labute approximate surface area is 205 Å². The summed E-state index contributed by atoms with van der Waals surface area (Å²) in [5.74, 6) is 1.49. The molecule has 0 saturated carbocycles. The summed E-state index contributed by atoms with van der Waals surface area (Å²) in [4.78, 5) is 22.1. The van der Waals surface area contributed by atoms with E-state index >= 15 is 0 Å². The van der Waals surface area contributed by atoms with Crippen molar-refractivity contribution in [1.82, 2.24) is 20.1 Å². The van der Waals surface area contributed by atoms with Crippen molar-refractivity contribution in [2.45, 2.75) is 19.5 Å². The van der Waals surface area contributed by atoms with Crippen LogP contribution >= 0.6 is 11.3 Å². The number of ether oxygens (including phenoxy) is 2. The number of piperazine rings is 1. The third kappa shape index (κ3) is 6.14. The minimum absolute atomic E-state index is 0.0119. The minimum Gasteiger partial charge on any atom is -0.497 e. The molecule has 4 rings (SSSR count). The predicted octanol–water partition coefficient (Wildman–Crippen LogP) is 3.82. The molecular weight excluding hydrogens is 448 g/mol. The van der Waals surface area contributed by atoms with E-state index in [2.05, 4.69) is 32.6 Å². The second kappa shape index (κ2) is 11.5. The van der Waals surface area contributed by atoms with Crippen molar-refractivity contribution in [1.29, 1.82) is 0 Å². The number of rotatable bonds is 9. The molecule has 1 aromatic heterocycles. The van der Waals surface area contributed by atoms with Crippen LogP contribution in [0, 0.1) is 0 Å². The molecule has 1 unspecified atom stereocenters. The van der Waals surface area contributed by atoms with Crippen molar-refractivity contribution in [2.24, 2.45) is 0 Å². The molecule has 1 N–H and O–H groups in total. The summed E-state index contributed by atoms with van der Waals surface area (Å²) in [7, 11) is 3.26. The normalized spacial score (nSPS) is 15.6. The third-order valence-electron chi connectivity index (χ3n) is 6.07. The Morgan fingerprint density at radius 2 is 1.79 bits per heavy atom. The number of carbonyl (C=O) groups is 1. The molecule has 1 fully saturated rings. The van der Waals surface area contributed by atoms with E-state index in [0.29, 0.717) is 6.54 Å². The maximum Gasteiger partial charge on any atom is 0.234 e. The number of amides is 1. The monoisotopic (exact) mass is 480 g/mol. The molecule has 34 heavy (non-hydrogen) atoms. The van der Waals surface area contributed by atoms with Gasteiger partial charge in [-0.05, 0) is 25.1 Å². The lowest BCUT2D eigenvalue weighted by Crippen LogP contribution is -2.49. The average molecular weight is 481 g/mol. The number of hydrogen-bond acceptors (Lipinski definition) is 7. The minimum atomic E-state index is -0.178. The molecule has 0 aliphatic carbocycles. The van der Waals surface area contributed by atoms with Crippen LogP contribution in [-0.4, -0.2) is 67.6 Å². The van der Waals surface area contributed by atoms with Gasteiger partial charge in [-0.2, -0.15) is 0 Å². The molecule has 3 aromatic rings. The fourth-order valence-corrected chi connectivity index (χ4v) is 4.99. The molecule has 1 saturated heterocycles. The summed E-state index contributed by atoms with van der Waals surface area (Å²) < 4.78 is 10.8. The first-order valence-corrected chi connectivity index (χ1v) is 12.4. The summed E-state index contributed by atoms with van der Waals surface area (Å²) in [6.45, 7) is 6.76. The summed E-state index contributed by atoms with van der Waals surface area (Å²) in [6.07, 6.45) is 0. The maximum absolute atomic E-state index is 12.7. The lowest BCUT2D eigenvalue weighted by Gasteiger charge is -2.34. The standard InChI is InChI=1S/C26H32N4O3S/c1-19(23-15-22(32-2)9-10-24(23)33-3)27-25(31)17-30-13-11-29(12-14-30)16-21-18-34-26(28-21)20-7-5-4-6-8-20/h4-10,15,18-19H,11-14,16-17H2,1-3H3,(H,27,31). The number of methoxy groups -OCH3 is 2. The molecule has 7 nitrogen and oxygen atoms in total. The number of carbonyl (C=O) groups excluding carboxylic acids is 1. The molecule has 1 atom stereocenters. The molecular formula is C26H32N4O3S. The Morgan fingerprint density at radius 3 is 2.50 bits per heavy atom. The Morgan fingerprint density at radius 1 is 1.06 bits per heavy atom. The summed E-state index contributed by atoms with van der Waals surface area (Å²) in [6, 6.07) is 15.7. The van der Waals surface area contributed by atoms with Gasteiger partial charge in [-0.1, -0.05) is 30.3 Å². The topological polar surface area (TPSA) is 66.9 Å². The van der Waals surface area contributed by atoms with Gasteiger partial charge in [0.25, 0.3) is 0 Å². The lowest BCUT2D eigenvalue weighted by molar-refractivity contribution is -0.123. The van der Waals surface area contributed by atoms with Crippen LogP contribution in [-0.2, 0) is 11.3 Å². The summed E-state index contributed by atoms with van der Waals surface area (Å²) in [5, 5.41) is 6.31. The molecule has 0 bridgehead atoms. The van der Waals surface area contributed by atoms with Gasteiger partial charge < -0.3 is 14.8 Å². The molecule has 1 amide bonds. The van der Waals surface area contributed by atoms with Gasteiger partial charge in [-0.15, -0.1) is 11.3 Å². The van der Waals surface area contributed by atoms with Crippen molar-refractivity contribution in [3.8, 4) is 22.1 Å². The zero-order chi connectivity index (χ0) is 23.9. The molecule has 0 radical (unpaired) electrons. The van der Waals surface area contributed by atoms with E-state index in [1.54, 1.807) is 25.6 Å². The SMILES string of the molecule is COc1ccc(OC)c(C(C)NC(=O)CN2CCN(Cc3csc(-c4ccccc4)n3)CC2)c1. The maximum atomic E-state index is 12.7. The highest BCUT2D eigenvalue weighted by Crippen LogP contribution is 2.29. The number of thiazole rings is 1. The van der Waals surface area contributed by atoms with Crippen LogP contribution in [0.3, 0.4) is 0 Å². The van der Waals surface area contributed by atoms with Gasteiger partial charge >= 0.3 is 0 Å². The van der Waals surface area contributed by atoms with Crippen LogP contribution < -0.4 is 14.8 Å². The second-order valence-electron chi connectivity index (χ2n) is 8.46. The van der Waals surface area contributed by atoms with E-state index in [9.17, 15) is 4.79 Å². The van der Waals surface area contributed by atoms with Crippen LogP contribution in [0.5, 0.6) is 11.5 Å². The van der Waals surface area contributed by atoms with Crippen LogP contribution in [0.15, 0.2) is 53.9 Å². The number of aromatic nitrogens is 1. The number of nitrogens with zero attached hydrogens (tertiary/aromatic N) is 3. The van der Waals surface area contributed by atoms with Gasteiger partial charge in [-0.25, -0.2) is 4.98 Å². The Bertz CT molecular complexity index is 1080. The van der Waals surface area contributed by atoms with E-state index in [0.717, 1.165) is 66.1 Å². The molecule has 1 aliphatic rings. The van der Waals surface area contributed by atoms with Gasteiger partial charge in [0.15, 0.2) is 0 Å². The number of hydrogen-bond donors (Lipinski definition) is 1. The molecule has 180 valence electrons. The fraction of sp³-hybridized carbons (Fsp3) is 0.385. The second-order valence-corrected chi connectivity index (χ2v) is 9.32. The zero-order valence-corrected chi connectivity index (χ0v) is 20.8. The van der Waals surface area contributed by atoms with Crippen molar-refractivity contribution >= 4 is 17.2 Å². The molecule has 8 heteroatoms. The van der Waals surface area contributed by atoms with E-state index in [1.165, 1.54) is 0 Å². The van der Waals surface area contributed by atoms with Crippen LogP contribution in [0.1, 0.15) is 24.2 Å². The van der Waals surface area contributed by atoms with Gasteiger partial charge in [0.2, 0.25) is 5.91 Å². The highest BCUT2D eigenvalue weighted by atomic mass is 32.1. The molecule has 0 spiro atoms. The number of benzene rings is 2. The molecule has 1 aliphatic heterocycles. The Hall–Kier alpha value is -2.94. The lowest BCUT2D eigenvalue weighted by atomic mass is 10.1. The first kappa shape index (κ1) is 24.2. The van der Waals surface area contributed by atoms with E-state index < -0.39 is 0 Å². The van der Waals surface area contributed by atoms with Crippen LogP contribution in [0.25, 0.3) is 10.6 Å². The van der Waals surface area contributed by atoms with Crippen molar-refractivity contribution in [2.75, 3.05) is 46.9 Å². The van der Waals surface area contributed by atoms with E-state index in [4.69, 9.17) is 14.5 Å². The van der Waals surface area contributed by atoms with Crippen molar-refractivity contribution in [3.63, 3.8) is 0 Å². The predicted molar refractivity (Wildman–Crippen MR) is 135 cm³/mol. The van der Waals surface area contributed by atoms with Crippen LogP contribution in [0.2, 0.25) is 0 Å². The average Bonchev–Trinajstić information content (AvgIpc) is 3.33. The first-order chi connectivity index (χ1) is 16.6. The Kier molecular flexibility index (Phi) is 8.16. The zero-order valence-electron chi connectivity index (χ0n) is 20.0. The smallest absolute Gasteiger partial charge is 0.234 e. The molecule has 2 aromatic carbocycles. The third-order valence-corrected chi connectivity index (χ3v) is 7.01. The summed E-state index contributed by atoms with van der Waals surface area (Å²) in [5.41, 5.74) is 3.17. The number of nitrogens with one attached hydrogen (secondary N) is 1. The van der Waals surface area contributed by atoms with Crippen LogP contribution in [0.4, 0.5) is 0 Å². The van der Waals surface area contributed by atoms with Gasteiger partial charge in [-0.3, -0.25) is 14.6 Å². The van der Waals surface area contributed by atoms with Crippen molar-refractivity contribution in [3.05, 3.63) is 65.2 Å². The first-order valence-electron chi connectivity index (χ1n) is 11.5. The Balaban J connectivity index is 1.24. The van der Waals surface area contributed by atoms with Crippen molar-refractivity contribution < 1.29 is 14.3 Å².